The fraction of sp³-hybridized carbons (Fsp3) is 0.333. The molecule has 1 saturated heterocycles. The lowest BCUT2D eigenvalue weighted by molar-refractivity contribution is 0.405. The summed E-state index contributed by atoms with van der Waals surface area (Å²) in [5, 5.41) is 8.03. The van der Waals surface area contributed by atoms with Gasteiger partial charge >= 0.3 is 0 Å². The average molecular weight is 429 g/mol. The minimum atomic E-state index is 0.445. The van der Waals surface area contributed by atoms with Crippen LogP contribution >= 0.6 is 0 Å². The number of hydrogen-bond acceptors (Lipinski definition) is 7. The van der Waals surface area contributed by atoms with Gasteiger partial charge in [0.05, 0.1) is 17.6 Å². The second kappa shape index (κ2) is 8.55. The molecule has 0 unspecified atom stereocenters. The van der Waals surface area contributed by atoms with Crippen molar-refractivity contribution in [1.82, 2.24) is 30.2 Å². The van der Waals surface area contributed by atoms with Crippen LogP contribution in [0.4, 0.5) is 11.6 Å². The van der Waals surface area contributed by atoms with Gasteiger partial charge in [0.15, 0.2) is 0 Å². The van der Waals surface area contributed by atoms with E-state index in [-0.39, 0.29) is 0 Å². The zero-order valence-electron chi connectivity index (χ0n) is 18.6. The highest BCUT2D eigenvalue weighted by molar-refractivity contribution is 6.00. The lowest BCUT2D eigenvalue weighted by atomic mass is 10.1. The maximum absolute atomic E-state index is 4.92. The molecule has 0 bridgehead atoms. The number of piperazine rings is 1. The van der Waals surface area contributed by atoms with Gasteiger partial charge in [-0.15, -0.1) is 0 Å². The van der Waals surface area contributed by atoms with Crippen molar-refractivity contribution in [2.45, 2.75) is 39.4 Å². The van der Waals surface area contributed by atoms with Gasteiger partial charge in [0.1, 0.15) is 23.6 Å². The molecule has 0 saturated carbocycles. The van der Waals surface area contributed by atoms with Crippen LogP contribution in [-0.2, 0) is 6.54 Å². The number of aromatic amines is 1. The number of anilines is 2. The van der Waals surface area contributed by atoms with E-state index in [2.05, 4.69) is 67.5 Å². The Labute approximate surface area is 187 Å². The maximum Gasteiger partial charge on any atom is 0.143 e. The topological polar surface area (TPSA) is 94.7 Å². The first-order chi connectivity index (χ1) is 15.6. The van der Waals surface area contributed by atoms with Crippen molar-refractivity contribution in [2.24, 2.45) is 0 Å². The van der Waals surface area contributed by atoms with Crippen molar-refractivity contribution in [3.8, 4) is 11.1 Å². The monoisotopic (exact) mass is 428 g/mol. The summed E-state index contributed by atoms with van der Waals surface area (Å²) in [6, 6.07) is 11.2. The molecule has 3 N–H and O–H groups in total. The molecule has 164 valence electrons. The number of H-pyrrole nitrogens is 1. The van der Waals surface area contributed by atoms with Crippen molar-refractivity contribution in [2.75, 3.05) is 23.3 Å². The molecule has 4 aromatic rings. The van der Waals surface area contributed by atoms with Gasteiger partial charge in [-0.3, -0.25) is 4.98 Å². The number of rotatable bonds is 5. The second-order valence-corrected chi connectivity index (χ2v) is 8.55. The normalized spacial score (nSPS) is 18.8. The highest BCUT2D eigenvalue weighted by atomic mass is 15.3. The summed E-state index contributed by atoms with van der Waals surface area (Å²) in [5.41, 5.74) is 4.89. The van der Waals surface area contributed by atoms with Crippen molar-refractivity contribution in [3.05, 3.63) is 60.4 Å². The number of aromatic nitrogens is 5. The minimum Gasteiger partial charge on any atom is -0.364 e. The number of nitrogens with zero attached hydrogens (tertiary/aromatic N) is 5. The number of fused-ring (bicyclic) bond motifs is 1. The Morgan fingerprint density at radius 3 is 2.75 bits per heavy atom. The lowest BCUT2D eigenvalue weighted by Crippen LogP contribution is -2.54. The summed E-state index contributed by atoms with van der Waals surface area (Å²) < 4.78 is 0. The summed E-state index contributed by atoms with van der Waals surface area (Å²) in [4.78, 5) is 23.8. The van der Waals surface area contributed by atoms with Gasteiger partial charge in [0.2, 0.25) is 0 Å². The van der Waals surface area contributed by atoms with Crippen LogP contribution < -0.4 is 15.5 Å². The first-order valence-electron chi connectivity index (χ1n) is 11.0. The number of pyridine rings is 2. The predicted octanol–water partition coefficient (Wildman–Crippen LogP) is 3.52. The van der Waals surface area contributed by atoms with Crippen molar-refractivity contribution in [1.29, 1.82) is 0 Å². The Balaban J connectivity index is 1.40. The van der Waals surface area contributed by atoms with Crippen LogP contribution in [0.25, 0.3) is 22.2 Å². The van der Waals surface area contributed by atoms with Crippen LogP contribution in [-0.4, -0.2) is 50.1 Å². The van der Waals surface area contributed by atoms with Crippen LogP contribution in [0.5, 0.6) is 0 Å². The molecule has 32 heavy (non-hydrogen) atoms. The smallest absolute Gasteiger partial charge is 0.143 e. The molecule has 1 aliphatic rings. The third-order valence-corrected chi connectivity index (χ3v) is 5.79. The predicted molar refractivity (Wildman–Crippen MR) is 128 cm³/mol. The maximum atomic E-state index is 4.92. The van der Waals surface area contributed by atoms with Gasteiger partial charge in [0.25, 0.3) is 0 Å². The Morgan fingerprint density at radius 2 is 1.94 bits per heavy atom. The summed E-state index contributed by atoms with van der Waals surface area (Å²) in [6.07, 6.45) is 5.38. The van der Waals surface area contributed by atoms with E-state index in [9.17, 15) is 0 Å². The van der Waals surface area contributed by atoms with Gasteiger partial charge in [-0.25, -0.2) is 15.0 Å². The zero-order chi connectivity index (χ0) is 22.1. The summed E-state index contributed by atoms with van der Waals surface area (Å²) in [6.45, 7) is 8.92. The number of hydrogen-bond donors (Lipinski definition) is 3. The standard InChI is InChI=1S/C24H28N8/c1-15-9-18(7-8-25-15)20-11-27-24-22(20)23(28-14-29-24)26-10-19-5-4-6-21(31-19)32-12-16(2)30-17(3)13-32/h4-9,11,14,16-17,30H,10,12-13H2,1-3H3,(H2,26,27,28,29)/t16-,17+. The van der Waals surface area contributed by atoms with Crippen molar-refractivity contribution in [3.63, 3.8) is 0 Å². The largest absolute Gasteiger partial charge is 0.364 e. The molecule has 5 heterocycles. The quantitative estimate of drug-likeness (QED) is 0.448. The molecule has 2 atom stereocenters. The fourth-order valence-corrected chi connectivity index (χ4v) is 4.47. The highest BCUT2D eigenvalue weighted by Crippen LogP contribution is 2.32. The molecule has 0 aliphatic carbocycles. The van der Waals surface area contributed by atoms with Gasteiger partial charge in [0, 0.05) is 48.8 Å². The van der Waals surface area contributed by atoms with Gasteiger partial charge < -0.3 is 20.5 Å². The molecule has 0 spiro atoms. The van der Waals surface area contributed by atoms with Crippen LogP contribution in [0.3, 0.4) is 0 Å². The molecular weight excluding hydrogens is 400 g/mol. The van der Waals surface area contributed by atoms with E-state index in [4.69, 9.17) is 4.98 Å². The summed E-state index contributed by atoms with van der Waals surface area (Å²) in [5.74, 6) is 1.81. The van der Waals surface area contributed by atoms with Crippen LogP contribution in [0.1, 0.15) is 25.2 Å². The average Bonchev–Trinajstić information content (AvgIpc) is 3.22. The molecule has 0 radical (unpaired) electrons. The second-order valence-electron chi connectivity index (χ2n) is 8.55. The Hall–Kier alpha value is -3.52. The Morgan fingerprint density at radius 1 is 1.09 bits per heavy atom. The molecule has 0 amide bonds. The van der Waals surface area contributed by atoms with Crippen LogP contribution in [0, 0.1) is 6.92 Å². The van der Waals surface area contributed by atoms with E-state index in [1.54, 1.807) is 6.33 Å². The third kappa shape index (κ3) is 4.13. The lowest BCUT2D eigenvalue weighted by Gasteiger charge is -2.37. The summed E-state index contributed by atoms with van der Waals surface area (Å²) in [7, 11) is 0. The van der Waals surface area contributed by atoms with Gasteiger partial charge in [-0.05, 0) is 50.6 Å². The van der Waals surface area contributed by atoms with E-state index in [1.807, 2.05) is 31.5 Å². The molecule has 8 nitrogen and oxygen atoms in total. The zero-order valence-corrected chi connectivity index (χ0v) is 18.6. The van der Waals surface area contributed by atoms with E-state index < -0.39 is 0 Å². The summed E-state index contributed by atoms with van der Waals surface area (Å²) >= 11 is 0. The first-order valence-corrected chi connectivity index (χ1v) is 11.0. The first kappa shape index (κ1) is 20.4. The van der Waals surface area contributed by atoms with E-state index in [1.165, 1.54) is 0 Å². The number of aryl methyl sites for hydroxylation is 1. The molecule has 4 aromatic heterocycles. The SMILES string of the molecule is Cc1cc(-c2c[nH]c3ncnc(NCc4cccc(N5C[C@@H](C)N[C@@H](C)C5)n4)c23)ccn1. The van der Waals surface area contributed by atoms with Crippen molar-refractivity contribution < 1.29 is 0 Å². The molecule has 8 heteroatoms. The fourth-order valence-electron chi connectivity index (χ4n) is 4.47. The van der Waals surface area contributed by atoms with E-state index >= 15 is 0 Å². The van der Waals surface area contributed by atoms with Crippen LogP contribution in [0.2, 0.25) is 0 Å². The molecule has 1 aliphatic heterocycles. The minimum absolute atomic E-state index is 0.445. The van der Waals surface area contributed by atoms with E-state index in [0.29, 0.717) is 18.6 Å². The van der Waals surface area contributed by atoms with Crippen molar-refractivity contribution >= 4 is 22.7 Å². The van der Waals surface area contributed by atoms with Gasteiger partial charge in [-0.2, -0.15) is 0 Å². The van der Waals surface area contributed by atoms with E-state index in [0.717, 1.165) is 58.3 Å². The third-order valence-electron chi connectivity index (χ3n) is 5.79. The molecule has 0 aromatic carbocycles. The molecule has 1 fully saturated rings. The Kier molecular flexibility index (Phi) is 5.45. The highest BCUT2D eigenvalue weighted by Gasteiger charge is 2.22. The van der Waals surface area contributed by atoms with Crippen LogP contribution in [0.15, 0.2) is 49.1 Å². The Bertz CT molecular complexity index is 1220. The molecule has 5 rings (SSSR count). The van der Waals surface area contributed by atoms with Gasteiger partial charge in [-0.1, -0.05) is 6.07 Å². The number of nitrogens with one attached hydrogen (secondary N) is 3. The molecular formula is C24H28N8.